The summed E-state index contributed by atoms with van der Waals surface area (Å²) in [7, 11) is -3.63. The van der Waals surface area contributed by atoms with Gasteiger partial charge in [0.1, 0.15) is 0 Å². The third-order valence-electron chi connectivity index (χ3n) is 4.56. The molecule has 2 aromatic carbocycles. The highest BCUT2D eigenvalue weighted by atomic mass is 35.5. The van der Waals surface area contributed by atoms with Crippen LogP contribution in [0.4, 0.5) is 5.69 Å². The summed E-state index contributed by atoms with van der Waals surface area (Å²) >= 11 is 0. The van der Waals surface area contributed by atoms with Crippen molar-refractivity contribution in [3.05, 3.63) is 59.7 Å². The molecule has 6 nitrogen and oxygen atoms in total. The number of aryl methyl sites for hydroxylation is 1. The molecule has 2 aromatic rings. The van der Waals surface area contributed by atoms with Crippen LogP contribution >= 0.6 is 12.4 Å². The molecule has 146 valence electrons. The molecule has 2 unspecified atom stereocenters. The predicted molar refractivity (Wildman–Crippen MR) is 109 cm³/mol. The highest BCUT2D eigenvalue weighted by Crippen LogP contribution is 2.48. The van der Waals surface area contributed by atoms with Crippen LogP contribution < -0.4 is 15.8 Å². The molecule has 0 aliphatic heterocycles. The lowest BCUT2D eigenvalue weighted by Gasteiger charge is -2.09. The lowest BCUT2D eigenvalue weighted by Crippen LogP contribution is -2.29. The molecule has 0 bridgehead atoms. The average molecular weight is 410 g/mol. The normalized spacial score (nSPS) is 18.4. The predicted octanol–water partition coefficient (Wildman–Crippen LogP) is 2.40. The first-order chi connectivity index (χ1) is 12.4. The number of amides is 1. The van der Waals surface area contributed by atoms with Gasteiger partial charge in [-0.25, -0.2) is 13.1 Å². The first kappa shape index (κ1) is 21.4. The zero-order valence-electron chi connectivity index (χ0n) is 15.0. The zero-order valence-corrected chi connectivity index (χ0v) is 16.6. The van der Waals surface area contributed by atoms with Gasteiger partial charge in [0, 0.05) is 24.7 Å². The van der Waals surface area contributed by atoms with Crippen molar-refractivity contribution >= 4 is 34.0 Å². The molecule has 0 aromatic heterocycles. The van der Waals surface area contributed by atoms with Gasteiger partial charge in [-0.3, -0.25) is 4.79 Å². The Morgan fingerprint density at radius 2 is 1.93 bits per heavy atom. The van der Waals surface area contributed by atoms with E-state index in [4.69, 9.17) is 5.73 Å². The number of carbonyl (C=O) groups excluding carboxylic acids is 1. The van der Waals surface area contributed by atoms with E-state index in [2.05, 4.69) is 16.1 Å². The van der Waals surface area contributed by atoms with Gasteiger partial charge in [0.05, 0.1) is 4.90 Å². The molecule has 2 atom stereocenters. The highest BCUT2D eigenvalue weighted by Gasteiger charge is 2.44. The first-order valence-corrected chi connectivity index (χ1v) is 10.1. The lowest BCUT2D eigenvalue weighted by atomic mass is 10.0. The number of benzene rings is 2. The summed E-state index contributed by atoms with van der Waals surface area (Å²) in [5.41, 5.74) is 8.20. The average Bonchev–Trinajstić information content (AvgIpc) is 3.41. The van der Waals surface area contributed by atoms with E-state index in [-0.39, 0.29) is 48.1 Å². The molecule has 4 N–H and O–H groups in total. The van der Waals surface area contributed by atoms with Crippen LogP contribution in [0.2, 0.25) is 0 Å². The zero-order chi connectivity index (χ0) is 18.7. The largest absolute Gasteiger partial charge is 0.329 e. The number of hydrogen-bond donors (Lipinski definition) is 3. The van der Waals surface area contributed by atoms with Gasteiger partial charge in [0.2, 0.25) is 15.9 Å². The Morgan fingerprint density at radius 1 is 1.19 bits per heavy atom. The van der Waals surface area contributed by atoms with Crippen molar-refractivity contribution in [2.75, 3.05) is 18.4 Å². The number of nitrogens with two attached hydrogens (primary N) is 1. The Kier molecular flexibility index (Phi) is 7.00. The van der Waals surface area contributed by atoms with Gasteiger partial charge < -0.3 is 11.1 Å². The van der Waals surface area contributed by atoms with Gasteiger partial charge in [-0.1, -0.05) is 30.3 Å². The minimum Gasteiger partial charge on any atom is -0.329 e. The molecule has 1 fully saturated rings. The van der Waals surface area contributed by atoms with Crippen molar-refractivity contribution in [1.29, 1.82) is 0 Å². The Morgan fingerprint density at radius 3 is 2.63 bits per heavy atom. The first-order valence-electron chi connectivity index (χ1n) is 8.58. The summed E-state index contributed by atoms with van der Waals surface area (Å²) in [5, 5.41) is 2.84. The van der Waals surface area contributed by atoms with E-state index >= 15 is 0 Å². The number of halogens is 1. The van der Waals surface area contributed by atoms with E-state index in [1.54, 1.807) is 12.1 Å². The molecule has 8 heteroatoms. The van der Waals surface area contributed by atoms with Gasteiger partial charge in [-0.05, 0) is 48.6 Å². The van der Waals surface area contributed by atoms with Crippen LogP contribution in [0.15, 0.2) is 53.4 Å². The molecule has 1 aliphatic rings. The van der Waals surface area contributed by atoms with Gasteiger partial charge >= 0.3 is 0 Å². The van der Waals surface area contributed by atoms with Gasteiger partial charge in [0.25, 0.3) is 0 Å². The third-order valence-corrected chi connectivity index (χ3v) is 6.02. The number of hydrogen-bond acceptors (Lipinski definition) is 4. The molecule has 0 saturated heterocycles. The Hall–Kier alpha value is -1.93. The number of nitrogens with one attached hydrogen (secondary N) is 2. The Bertz CT molecular complexity index is 918. The van der Waals surface area contributed by atoms with E-state index in [0.717, 1.165) is 6.42 Å². The maximum atomic E-state index is 12.5. The smallest absolute Gasteiger partial charge is 0.240 e. The van der Waals surface area contributed by atoms with Crippen LogP contribution in [-0.2, 0) is 14.8 Å². The number of anilines is 1. The monoisotopic (exact) mass is 409 g/mol. The summed E-state index contributed by atoms with van der Waals surface area (Å²) < 4.78 is 26.8. The Balaban J connectivity index is 0.00000261. The minimum absolute atomic E-state index is 0. The summed E-state index contributed by atoms with van der Waals surface area (Å²) in [6.45, 7) is 2.43. The quantitative estimate of drug-likeness (QED) is 0.653. The van der Waals surface area contributed by atoms with Crippen LogP contribution in [-0.4, -0.2) is 27.4 Å². The molecule has 0 heterocycles. The van der Waals surface area contributed by atoms with E-state index in [1.165, 1.54) is 23.3 Å². The minimum atomic E-state index is -3.63. The fraction of sp³-hybridized carbons (Fsp3) is 0.316. The van der Waals surface area contributed by atoms with Crippen molar-refractivity contribution in [2.24, 2.45) is 11.7 Å². The van der Waals surface area contributed by atoms with Crippen LogP contribution in [0.25, 0.3) is 0 Å². The van der Waals surface area contributed by atoms with Crippen molar-refractivity contribution in [2.45, 2.75) is 24.2 Å². The molecular formula is C19H24ClN3O3S. The molecule has 3 rings (SSSR count). The van der Waals surface area contributed by atoms with E-state index in [9.17, 15) is 13.2 Å². The van der Waals surface area contributed by atoms with Crippen molar-refractivity contribution < 1.29 is 13.2 Å². The van der Waals surface area contributed by atoms with Crippen molar-refractivity contribution in [1.82, 2.24) is 4.72 Å². The third kappa shape index (κ3) is 5.07. The molecule has 27 heavy (non-hydrogen) atoms. The summed E-state index contributed by atoms with van der Waals surface area (Å²) in [6.07, 6.45) is 0.812. The van der Waals surface area contributed by atoms with E-state index in [1.807, 2.05) is 25.1 Å². The lowest BCUT2D eigenvalue weighted by molar-refractivity contribution is -0.117. The molecule has 1 amide bonds. The van der Waals surface area contributed by atoms with Crippen molar-refractivity contribution in [3.63, 3.8) is 0 Å². The number of rotatable bonds is 7. The SMILES string of the molecule is Cc1ccccc1C1CC1C(=O)Nc1cccc(S(=O)(=O)NCCN)c1.Cl. The fourth-order valence-electron chi connectivity index (χ4n) is 3.08. The second kappa shape index (κ2) is 8.84. The van der Waals surface area contributed by atoms with Crippen LogP contribution in [0.1, 0.15) is 23.5 Å². The van der Waals surface area contributed by atoms with Crippen molar-refractivity contribution in [3.8, 4) is 0 Å². The standard InChI is InChI=1S/C19H23N3O3S.ClH/c1-13-5-2-3-8-16(13)17-12-18(17)19(23)22-14-6-4-7-15(11-14)26(24,25)21-10-9-20;/h2-8,11,17-18,21H,9-10,12,20H2,1H3,(H,22,23);1H. The molecule has 0 radical (unpaired) electrons. The maximum absolute atomic E-state index is 12.5. The molecule has 1 aliphatic carbocycles. The van der Waals surface area contributed by atoms with Gasteiger partial charge in [0.15, 0.2) is 0 Å². The summed E-state index contributed by atoms with van der Waals surface area (Å²) in [4.78, 5) is 12.6. The summed E-state index contributed by atoms with van der Waals surface area (Å²) in [6, 6.07) is 14.3. The Labute approximate surface area is 166 Å². The van der Waals surface area contributed by atoms with E-state index < -0.39 is 10.0 Å². The summed E-state index contributed by atoms with van der Waals surface area (Å²) in [5.74, 6) is 0.0729. The fourth-order valence-corrected chi connectivity index (χ4v) is 4.18. The molecule has 1 saturated carbocycles. The van der Waals surface area contributed by atoms with Gasteiger partial charge in [-0.15, -0.1) is 12.4 Å². The molecular weight excluding hydrogens is 386 g/mol. The van der Waals surface area contributed by atoms with Gasteiger partial charge in [-0.2, -0.15) is 0 Å². The van der Waals surface area contributed by atoms with Crippen LogP contribution in [0.3, 0.4) is 0 Å². The second-order valence-corrected chi connectivity index (χ2v) is 8.28. The van der Waals surface area contributed by atoms with E-state index in [0.29, 0.717) is 5.69 Å². The molecule has 0 spiro atoms. The van der Waals surface area contributed by atoms with Crippen LogP contribution in [0.5, 0.6) is 0 Å². The second-order valence-electron chi connectivity index (χ2n) is 6.51. The maximum Gasteiger partial charge on any atom is 0.240 e. The number of sulfonamides is 1. The topological polar surface area (TPSA) is 101 Å². The number of carbonyl (C=O) groups is 1. The highest BCUT2D eigenvalue weighted by molar-refractivity contribution is 7.89. The van der Waals surface area contributed by atoms with Crippen LogP contribution in [0, 0.1) is 12.8 Å².